The maximum absolute atomic E-state index is 4.02. The topological polar surface area (TPSA) is 12.9 Å². The lowest BCUT2D eigenvalue weighted by atomic mass is 10.0. The first-order valence-electron chi connectivity index (χ1n) is 4.44. The van der Waals surface area contributed by atoms with E-state index in [9.17, 15) is 0 Å². The Morgan fingerprint density at radius 2 is 1.79 bits per heavy atom. The first kappa shape index (κ1) is 9.65. The van der Waals surface area contributed by atoms with E-state index in [0.717, 1.165) is 0 Å². The molecule has 14 heavy (non-hydrogen) atoms. The van der Waals surface area contributed by atoms with E-state index in [1.54, 1.807) is 0 Å². The highest BCUT2D eigenvalue weighted by Crippen LogP contribution is 2.23. The van der Waals surface area contributed by atoms with E-state index >= 15 is 0 Å². The van der Waals surface area contributed by atoms with Crippen LogP contribution in [0.15, 0.2) is 42.7 Å². The Morgan fingerprint density at radius 3 is 2.43 bits per heavy atom. The largest absolute Gasteiger partial charge is 0.265 e. The van der Waals surface area contributed by atoms with Gasteiger partial charge in [0, 0.05) is 16.0 Å². The molecular formula is C12H10IN. The van der Waals surface area contributed by atoms with Gasteiger partial charge in [-0.1, -0.05) is 6.07 Å². The lowest BCUT2D eigenvalue weighted by Gasteiger charge is -2.05. The minimum Gasteiger partial charge on any atom is -0.265 e. The summed E-state index contributed by atoms with van der Waals surface area (Å²) in [7, 11) is 0. The second kappa shape index (κ2) is 4.09. The molecule has 1 heterocycles. The predicted octanol–water partition coefficient (Wildman–Crippen LogP) is 3.66. The average Bonchev–Trinajstić information content (AvgIpc) is 2.19. The molecule has 0 amide bonds. The third-order valence-corrected chi connectivity index (χ3v) is 2.85. The first-order valence-corrected chi connectivity index (χ1v) is 5.52. The van der Waals surface area contributed by atoms with Gasteiger partial charge in [0.2, 0.25) is 0 Å². The van der Waals surface area contributed by atoms with E-state index in [1.807, 2.05) is 24.5 Å². The molecule has 0 radical (unpaired) electrons. The van der Waals surface area contributed by atoms with Crippen molar-refractivity contribution in [3.63, 3.8) is 0 Å². The number of aromatic nitrogens is 1. The highest BCUT2D eigenvalue weighted by Gasteiger charge is 2.00. The quantitative estimate of drug-likeness (QED) is 0.732. The van der Waals surface area contributed by atoms with E-state index in [4.69, 9.17) is 0 Å². The van der Waals surface area contributed by atoms with Gasteiger partial charge >= 0.3 is 0 Å². The van der Waals surface area contributed by atoms with Crippen LogP contribution < -0.4 is 0 Å². The van der Waals surface area contributed by atoms with Gasteiger partial charge in [-0.15, -0.1) is 0 Å². The van der Waals surface area contributed by atoms with Crippen LogP contribution in [0.25, 0.3) is 11.1 Å². The number of pyridine rings is 1. The maximum Gasteiger partial charge on any atom is 0.0273 e. The van der Waals surface area contributed by atoms with Crippen LogP contribution >= 0.6 is 22.6 Å². The van der Waals surface area contributed by atoms with E-state index in [1.165, 1.54) is 20.3 Å². The second-order valence-electron chi connectivity index (χ2n) is 3.20. The number of hydrogen-bond acceptors (Lipinski definition) is 1. The summed E-state index contributed by atoms with van der Waals surface area (Å²) in [5, 5.41) is 0. The van der Waals surface area contributed by atoms with Gasteiger partial charge in [0.15, 0.2) is 0 Å². The molecule has 0 N–H and O–H groups in total. The van der Waals surface area contributed by atoms with Crippen molar-refractivity contribution in [1.29, 1.82) is 0 Å². The van der Waals surface area contributed by atoms with Crippen molar-refractivity contribution in [1.82, 2.24) is 4.98 Å². The monoisotopic (exact) mass is 295 g/mol. The molecule has 0 aliphatic carbocycles. The van der Waals surface area contributed by atoms with Crippen LogP contribution in [-0.4, -0.2) is 4.98 Å². The lowest BCUT2D eigenvalue weighted by Crippen LogP contribution is -1.84. The van der Waals surface area contributed by atoms with Gasteiger partial charge in [0.05, 0.1) is 0 Å². The van der Waals surface area contributed by atoms with Crippen molar-refractivity contribution in [3.05, 3.63) is 51.9 Å². The fraction of sp³-hybridized carbons (Fsp3) is 0.0833. The predicted molar refractivity (Wildman–Crippen MR) is 67.1 cm³/mol. The number of hydrogen-bond donors (Lipinski definition) is 0. The molecule has 1 nitrogen and oxygen atoms in total. The summed E-state index contributed by atoms with van der Waals surface area (Å²) in [6.07, 6.45) is 3.65. The molecule has 0 unspecified atom stereocenters. The lowest BCUT2D eigenvalue weighted by molar-refractivity contribution is 1.32. The number of halogens is 1. The smallest absolute Gasteiger partial charge is 0.0273 e. The van der Waals surface area contributed by atoms with Gasteiger partial charge in [-0.25, -0.2) is 0 Å². The SMILES string of the molecule is Cc1cc(I)ccc1-c1ccncc1. The molecular weight excluding hydrogens is 285 g/mol. The summed E-state index contributed by atoms with van der Waals surface area (Å²) in [6.45, 7) is 2.14. The van der Waals surface area contributed by atoms with Crippen molar-refractivity contribution in [3.8, 4) is 11.1 Å². The molecule has 1 aromatic heterocycles. The van der Waals surface area contributed by atoms with Crippen molar-refractivity contribution in [2.24, 2.45) is 0 Å². The minimum atomic E-state index is 1.23. The standard InChI is InChI=1S/C12H10IN/c1-9-8-11(13)2-3-12(9)10-4-6-14-7-5-10/h2-8H,1H3. The van der Waals surface area contributed by atoms with Crippen LogP contribution in [0.5, 0.6) is 0 Å². The second-order valence-corrected chi connectivity index (χ2v) is 4.44. The molecule has 2 aromatic rings. The highest BCUT2D eigenvalue weighted by molar-refractivity contribution is 14.1. The fourth-order valence-electron chi connectivity index (χ4n) is 1.48. The van der Waals surface area contributed by atoms with Gasteiger partial charge in [0.1, 0.15) is 0 Å². The van der Waals surface area contributed by atoms with Gasteiger partial charge in [-0.05, 0) is 70.5 Å². The van der Waals surface area contributed by atoms with E-state index in [-0.39, 0.29) is 0 Å². The van der Waals surface area contributed by atoms with Gasteiger partial charge < -0.3 is 0 Å². The summed E-state index contributed by atoms with van der Waals surface area (Å²) in [5.41, 5.74) is 3.82. The van der Waals surface area contributed by atoms with Gasteiger partial charge in [-0.3, -0.25) is 4.98 Å². The van der Waals surface area contributed by atoms with Crippen molar-refractivity contribution in [2.45, 2.75) is 6.92 Å². The summed E-state index contributed by atoms with van der Waals surface area (Å²) in [4.78, 5) is 4.02. The van der Waals surface area contributed by atoms with Gasteiger partial charge in [-0.2, -0.15) is 0 Å². The molecule has 0 saturated heterocycles. The Bertz CT molecular complexity index is 437. The van der Waals surface area contributed by atoms with Crippen LogP contribution in [0.1, 0.15) is 5.56 Å². The Kier molecular flexibility index (Phi) is 2.82. The zero-order valence-electron chi connectivity index (χ0n) is 7.87. The Labute approximate surface area is 97.3 Å². The Morgan fingerprint density at radius 1 is 1.07 bits per heavy atom. The van der Waals surface area contributed by atoms with Crippen molar-refractivity contribution >= 4 is 22.6 Å². The molecule has 0 aliphatic heterocycles. The molecule has 2 heteroatoms. The Balaban J connectivity index is 2.53. The average molecular weight is 295 g/mol. The summed E-state index contributed by atoms with van der Waals surface area (Å²) in [6, 6.07) is 10.6. The van der Waals surface area contributed by atoms with Crippen molar-refractivity contribution < 1.29 is 0 Å². The zero-order valence-corrected chi connectivity index (χ0v) is 10.0. The molecule has 0 spiro atoms. The molecule has 0 saturated carbocycles. The fourth-order valence-corrected chi connectivity index (χ4v) is 2.13. The zero-order chi connectivity index (χ0) is 9.97. The number of rotatable bonds is 1. The molecule has 1 aromatic carbocycles. The van der Waals surface area contributed by atoms with Crippen LogP contribution in [0.4, 0.5) is 0 Å². The van der Waals surface area contributed by atoms with E-state index < -0.39 is 0 Å². The van der Waals surface area contributed by atoms with Crippen LogP contribution in [0.2, 0.25) is 0 Å². The third kappa shape index (κ3) is 1.95. The third-order valence-electron chi connectivity index (χ3n) is 2.18. The van der Waals surface area contributed by atoms with Crippen molar-refractivity contribution in [2.75, 3.05) is 0 Å². The molecule has 0 bridgehead atoms. The van der Waals surface area contributed by atoms with Crippen LogP contribution in [0.3, 0.4) is 0 Å². The first-order chi connectivity index (χ1) is 6.77. The number of nitrogens with zero attached hydrogens (tertiary/aromatic N) is 1. The molecule has 0 fully saturated rings. The summed E-state index contributed by atoms with van der Waals surface area (Å²) in [5.74, 6) is 0. The number of aryl methyl sites for hydroxylation is 1. The molecule has 2 rings (SSSR count). The van der Waals surface area contributed by atoms with Gasteiger partial charge in [0.25, 0.3) is 0 Å². The number of benzene rings is 1. The van der Waals surface area contributed by atoms with Crippen LogP contribution in [0, 0.1) is 10.5 Å². The van der Waals surface area contributed by atoms with E-state index in [0.29, 0.717) is 0 Å². The van der Waals surface area contributed by atoms with E-state index in [2.05, 4.69) is 52.7 Å². The Hall–Kier alpha value is -0.900. The summed E-state index contributed by atoms with van der Waals surface area (Å²) >= 11 is 2.33. The molecule has 0 aliphatic rings. The maximum atomic E-state index is 4.02. The normalized spacial score (nSPS) is 10.1. The highest BCUT2D eigenvalue weighted by atomic mass is 127. The minimum absolute atomic E-state index is 1.23. The molecule has 0 atom stereocenters. The molecule has 70 valence electrons. The summed E-state index contributed by atoms with van der Waals surface area (Å²) < 4.78 is 1.28. The van der Waals surface area contributed by atoms with Crippen LogP contribution in [-0.2, 0) is 0 Å².